The van der Waals surface area contributed by atoms with E-state index >= 15 is 0 Å². The molecule has 0 aliphatic carbocycles. The van der Waals surface area contributed by atoms with Gasteiger partial charge in [-0.15, -0.1) is 0 Å². The summed E-state index contributed by atoms with van der Waals surface area (Å²) in [6, 6.07) is 5.55. The van der Waals surface area contributed by atoms with Crippen molar-refractivity contribution in [2.75, 3.05) is 7.11 Å². The first kappa shape index (κ1) is 10.5. The van der Waals surface area contributed by atoms with Crippen molar-refractivity contribution >= 4 is 16.7 Å². The Bertz CT molecular complexity index is 555. The zero-order valence-electron chi connectivity index (χ0n) is 9.44. The maximum atomic E-state index is 8.83. The molecular weight excluding hydrogens is 206 g/mol. The van der Waals surface area contributed by atoms with Gasteiger partial charge in [-0.3, -0.25) is 0 Å². The summed E-state index contributed by atoms with van der Waals surface area (Å²) in [7, 11) is 1.61. The van der Waals surface area contributed by atoms with Crippen molar-refractivity contribution in [1.29, 1.82) is 0 Å². The summed E-state index contributed by atoms with van der Waals surface area (Å²) in [6.45, 7) is 3.58. The molecule has 1 N–H and O–H groups in total. The zero-order valence-corrected chi connectivity index (χ0v) is 9.44. The highest BCUT2D eigenvalue weighted by molar-refractivity contribution is 6.10. The fourth-order valence-electron chi connectivity index (χ4n) is 1.83. The molecule has 16 heavy (non-hydrogen) atoms. The quantitative estimate of drug-likeness (QED) is 0.480. The highest BCUT2D eigenvalue weighted by Gasteiger charge is 2.14. The van der Waals surface area contributed by atoms with Crippen LogP contribution in [0.1, 0.15) is 18.2 Å². The number of hydrogen-bond donors (Lipinski definition) is 1. The Morgan fingerprint density at radius 1 is 1.44 bits per heavy atom. The first-order valence-electron chi connectivity index (χ1n) is 4.93. The van der Waals surface area contributed by atoms with E-state index in [-0.39, 0.29) is 0 Å². The molecule has 1 aromatic heterocycles. The molecule has 0 aliphatic rings. The number of oxime groups is 1. The summed E-state index contributed by atoms with van der Waals surface area (Å²) < 4.78 is 10.7. The Morgan fingerprint density at radius 3 is 2.81 bits per heavy atom. The molecule has 1 aromatic carbocycles. The van der Waals surface area contributed by atoms with Crippen LogP contribution >= 0.6 is 0 Å². The first-order chi connectivity index (χ1) is 7.67. The van der Waals surface area contributed by atoms with E-state index in [4.69, 9.17) is 14.4 Å². The summed E-state index contributed by atoms with van der Waals surface area (Å²) in [4.78, 5) is 0. The Morgan fingerprint density at radius 2 is 2.19 bits per heavy atom. The third kappa shape index (κ3) is 1.52. The Balaban J connectivity index is 2.75. The molecule has 0 saturated carbocycles. The average Bonchev–Trinajstić information content (AvgIpc) is 2.63. The minimum Gasteiger partial charge on any atom is -0.497 e. The largest absolute Gasteiger partial charge is 0.497 e. The van der Waals surface area contributed by atoms with Crippen LogP contribution in [0.25, 0.3) is 11.0 Å². The van der Waals surface area contributed by atoms with Crippen molar-refractivity contribution in [1.82, 2.24) is 0 Å². The fourth-order valence-corrected chi connectivity index (χ4v) is 1.83. The monoisotopic (exact) mass is 219 g/mol. The van der Waals surface area contributed by atoms with Gasteiger partial charge in [-0.25, -0.2) is 0 Å². The van der Waals surface area contributed by atoms with Gasteiger partial charge in [-0.1, -0.05) is 5.16 Å². The predicted molar refractivity (Wildman–Crippen MR) is 61.5 cm³/mol. The van der Waals surface area contributed by atoms with Gasteiger partial charge in [0.15, 0.2) is 0 Å². The Hall–Kier alpha value is -1.97. The van der Waals surface area contributed by atoms with Crippen molar-refractivity contribution in [3.05, 3.63) is 29.5 Å². The summed E-state index contributed by atoms with van der Waals surface area (Å²) >= 11 is 0. The molecule has 0 aliphatic heterocycles. The van der Waals surface area contributed by atoms with Gasteiger partial charge in [0.25, 0.3) is 0 Å². The summed E-state index contributed by atoms with van der Waals surface area (Å²) in [5.41, 5.74) is 2.11. The van der Waals surface area contributed by atoms with E-state index in [2.05, 4.69) is 5.16 Å². The number of hydrogen-bond acceptors (Lipinski definition) is 4. The summed E-state index contributed by atoms with van der Waals surface area (Å²) in [5.74, 6) is 1.49. The van der Waals surface area contributed by atoms with Crippen LogP contribution in [0.2, 0.25) is 0 Å². The number of nitrogens with zero attached hydrogens (tertiary/aromatic N) is 1. The van der Waals surface area contributed by atoms with E-state index in [1.54, 1.807) is 14.0 Å². The van der Waals surface area contributed by atoms with Gasteiger partial charge >= 0.3 is 0 Å². The number of ether oxygens (including phenoxy) is 1. The molecule has 0 unspecified atom stereocenters. The second-order valence-corrected chi connectivity index (χ2v) is 3.58. The van der Waals surface area contributed by atoms with Crippen LogP contribution in [0.15, 0.2) is 27.8 Å². The number of rotatable bonds is 2. The van der Waals surface area contributed by atoms with E-state index < -0.39 is 0 Å². The maximum Gasteiger partial charge on any atom is 0.135 e. The Labute approximate surface area is 93.1 Å². The Kier molecular flexibility index (Phi) is 2.56. The van der Waals surface area contributed by atoms with E-state index in [0.717, 1.165) is 28.0 Å². The summed E-state index contributed by atoms with van der Waals surface area (Å²) in [6.07, 6.45) is 0. The van der Waals surface area contributed by atoms with E-state index in [9.17, 15) is 0 Å². The molecule has 0 amide bonds. The fraction of sp³-hybridized carbons (Fsp3) is 0.250. The van der Waals surface area contributed by atoms with Crippen LogP contribution in [0.3, 0.4) is 0 Å². The van der Waals surface area contributed by atoms with Gasteiger partial charge < -0.3 is 14.4 Å². The SMILES string of the molecule is COc1ccc2oc(C)c(C(C)=NO)c2c1. The second kappa shape index (κ2) is 3.89. The van der Waals surface area contributed by atoms with E-state index in [1.807, 2.05) is 25.1 Å². The normalized spacial score (nSPS) is 12.1. The van der Waals surface area contributed by atoms with Crippen LogP contribution in [0.4, 0.5) is 0 Å². The van der Waals surface area contributed by atoms with Crippen molar-refractivity contribution in [2.45, 2.75) is 13.8 Å². The molecule has 84 valence electrons. The highest BCUT2D eigenvalue weighted by atomic mass is 16.5. The topological polar surface area (TPSA) is 55.0 Å². The van der Waals surface area contributed by atoms with Crippen LogP contribution in [0, 0.1) is 6.92 Å². The number of methoxy groups -OCH3 is 1. The average molecular weight is 219 g/mol. The minimum absolute atomic E-state index is 0.532. The molecule has 0 bridgehead atoms. The summed E-state index contributed by atoms with van der Waals surface area (Å²) in [5, 5.41) is 12.9. The number of benzene rings is 1. The molecule has 0 spiro atoms. The smallest absolute Gasteiger partial charge is 0.135 e. The molecule has 0 radical (unpaired) electrons. The molecule has 0 fully saturated rings. The predicted octanol–water partition coefficient (Wildman–Crippen LogP) is 2.95. The molecule has 0 atom stereocenters. The van der Waals surface area contributed by atoms with Crippen molar-refractivity contribution in [3.63, 3.8) is 0 Å². The molecule has 4 nitrogen and oxygen atoms in total. The number of furan rings is 1. The third-order valence-corrected chi connectivity index (χ3v) is 2.58. The van der Waals surface area contributed by atoms with Crippen molar-refractivity contribution < 1.29 is 14.4 Å². The lowest BCUT2D eigenvalue weighted by molar-refractivity contribution is 0.319. The van der Waals surface area contributed by atoms with Gasteiger partial charge in [0.2, 0.25) is 0 Å². The number of fused-ring (bicyclic) bond motifs is 1. The van der Waals surface area contributed by atoms with Crippen LogP contribution in [0.5, 0.6) is 5.75 Å². The molecule has 0 saturated heterocycles. The van der Waals surface area contributed by atoms with Gasteiger partial charge in [0.05, 0.1) is 12.8 Å². The lowest BCUT2D eigenvalue weighted by Crippen LogP contribution is -1.95. The van der Waals surface area contributed by atoms with Gasteiger partial charge in [-0.05, 0) is 32.0 Å². The first-order valence-corrected chi connectivity index (χ1v) is 4.93. The molecule has 4 heteroatoms. The van der Waals surface area contributed by atoms with E-state index in [1.165, 1.54) is 0 Å². The minimum atomic E-state index is 0.532. The second-order valence-electron chi connectivity index (χ2n) is 3.58. The highest BCUT2D eigenvalue weighted by Crippen LogP contribution is 2.29. The van der Waals surface area contributed by atoms with Gasteiger partial charge in [0.1, 0.15) is 17.1 Å². The van der Waals surface area contributed by atoms with Crippen molar-refractivity contribution in [3.8, 4) is 5.75 Å². The lowest BCUT2D eigenvalue weighted by Gasteiger charge is -2.00. The zero-order chi connectivity index (χ0) is 11.7. The van der Waals surface area contributed by atoms with Crippen LogP contribution < -0.4 is 4.74 Å². The van der Waals surface area contributed by atoms with Crippen molar-refractivity contribution in [2.24, 2.45) is 5.16 Å². The van der Waals surface area contributed by atoms with Crippen LogP contribution in [-0.2, 0) is 0 Å². The molecule has 1 heterocycles. The standard InChI is InChI=1S/C12H13NO3/c1-7(13-14)12-8(2)16-11-5-4-9(15-3)6-10(11)12/h4-6,14H,1-3H3. The third-order valence-electron chi connectivity index (χ3n) is 2.58. The van der Waals surface area contributed by atoms with Gasteiger partial charge in [0, 0.05) is 10.9 Å². The lowest BCUT2D eigenvalue weighted by atomic mass is 10.1. The molecular formula is C12H13NO3. The van der Waals surface area contributed by atoms with E-state index in [0.29, 0.717) is 5.71 Å². The number of aryl methyl sites for hydroxylation is 1. The van der Waals surface area contributed by atoms with Crippen LogP contribution in [-0.4, -0.2) is 18.0 Å². The maximum absolute atomic E-state index is 8.83. The molecule has 2 aromatic rings. The molecule has 2 rings (SSSR count). The van der Waals surface area contributed by atoms with Gasteiger partial charge in [-0.2, -0.15) is 0 Å².